The fraction of sp³-hybridized carbons (Fsp3) is 0.500. The summed E-state index contributed by atoms with van der Waals surface area (Å²) in [6, 6.07) is 0. The summed E-state index contributed by atoms with van der Waals surface area (Å²) >= 11 is 0. The highest BCUT2D eigenvalue weighted by atomic mass is 16.2. The van der Waals surface area contributed by atoms with E-state index >= 15 is 0 Å². The maximum Gasteiger partial charge on any atom is 0.229 e. The van der Waals surface area contributed by atoms with Gasteiger partial charge in [0, 0.05) is 24.7 Å². The van der Waals surface area contributed by atoms with Gasteiger partial charge in [0.05, 0.1) is 12.2 Å². The Balaban J connectivity index is 2.26. The number of nitrogens with zero attached hydrogens (tertiary/aromatic N) is 2. The van der Waals surface area contributed by atoms with E-state index in [0.717, 1.165) is 24.0 Å². The standard InChI is InChI=1S/C14H19N3O2/c1-9-7-16-11(10(2)14(9)15)8-17-12(18)5-3-4-6-13(17)19/h7H,3-6,8H2,1-2H3,(H2,15,16). The van der Waals surface area contributed by atoms with E-state index in [4.69, 9.17) is 5.73 Å². The minimum Gasteiger partial charge on any atom is -0.398 e. The van der Waals surface area contributed by atoms with Crippen LogP contribution in [-0.2, 0) is 16.1 Å². The van der Waals surface area contributed by atoms with Gasteiger partial charge in [-0.05, 0) is 37.8 Å². The fourth-order valence-electron chi connectivity index (χ4n) is 2.24. The lowest BCUT2D eigenvalue weighted by molar-refractivity contribution is -0.144. The van der Waals surface area contributed by atoms with Crippen molar-refractivity contribution in [3.05, 3.63) is 23.0 Å². The molecule has 2 N–H and O–H groups in total. The molecule has 1 aromatic rings. The second-order valence-corrected chi connectivity index (χ2v) is 5.01. The quantitative estimate of drug-likeness (QED) is 0.822. The normalized spacial score (nSPS) is 16.6. The lowest BCUT2D eigenvalue weighted by Crippen LogP contribution is -2.35. The van der Waals surface area contributed by atoms with Crippen LogP contribution in [0, 0.1) is 13.8 Å². The Kier molecular flexibility index (Phi) is 3.83. The molecule has 1 aromatic heterocycles. The molecule has 0 bridgehead atoms. The first-order valence-electron chi connectivity index (χ1n) is 6.54. The van der Waals surface area contributed by atoms with E-state index < -0.39 is 0 Å². The van der Waals surface area contributed by atoms with Crippen molar-refractivity contribution in [2.45, 2.75) is 46.1 Å². The second-order valence-electron chi connectivity index (χ2n) is 5.01. The van der Waals surface area contributed by atoms with Crippen LogP contribution in [0.15, 0.2) is 6.20 Å². The Morgan fingerprint density at radius 2 is 1.79 bits per heavy atom. The topological polar surface area (TPSA) is 76.3 Å². The molecule has 2 rings (SSSR count). The van der Waals surface area contributed by atoms with Gasteiger partial charge >= 0.3 is 0 Å². The van der Waals surface area contributed by atoms with Crippen molar-refractivity contribution in [2.24, 2.45) is 0 Å². The van der Waals surface area contributed by atoms with Gasteiger partial charge in [-0.15, -0.1) is 0 Å². The largest absolute Gasteiger partial charge is 0.398 e. The minimum absolute atomic E-state index is 0.108. The van der Waals surface area contributed by atoms with Crippen molar-refractivity contribution < 1.29 is 9.59 Å². The van der Waals surface area contributed by atoms with E-state index in [1.54, 1.807) is 6.20 Å². The Hall–Kier alpha value is -1.91. The van der Waals surface area contributed by atoms with Gasteiger partial charge in [0.25, 0.3) is 0 Å². The molecule has 5 nitrogen and oxygen atoms in total. The van der Waals surface area contributed by atoms with Crippen LogP contribution in [0.5, 0.6) is 0 Å². The summed E-state index contributed by atoms with van der Waals surface area (Å²) in [6.07, 6.45) is 4.12. The van der Waals surface area contributed by atoms with E-state index in [9.17, 15) is 9.59 Å². The SMILES string of the molecule is Cc1cnc(CN2C(=O)CCCCC2=O)c(C)c1N. The fourth-order valence-corrected chi connectivity index (χ4v) is 2.24. The van der Waals surface area contributed by atoms with Gasteiger partial charge in [0.2, 0.25) is 11.8 Å². The minimum atomic E-state index is -0.108. The van der Waals surface area contributed by atoms with Gasteiger partial charge < -0.3 is 5.73 Å². The monoisotopic (exact) mass is 261 g/mol. The number of aromatic nitrogens is 1. The number of aryl methyl sites for hydroxylation is 1. The lowest BCUT2D eigenvalue weighted by atomic mass is 10.1. The van der Waals surface area contributed by atoms with Crippen LogP contribution in [-0.4, -0.2) is 21.7 Å². The first kappa shape index (κ1) is 13.5. The van der Waals surface area contributed by atoms with Crippen LogP contribution >= 0.6 is 0 Å². The first-order chi connectivity index (χ1) is 9.00. The molecule has 0 aromatic carbocycles. The number of likely N-dealkylation sites (tertiary alicyclic amines) is 1. The van der Waals surface area contributed by atoms with Crippen LogP contribution < -0.4 is 5.73 Å². The van der Waals surface area contributed by atoms with Gasteiger partial charge in [0.1, 0.15) is 0 Å². The lowest BCUT2D eigenvalue weighted by Gasteiger charge is -2.20. The van der Waals surface area contributed by atoms with Gasteiger partial charge in [-0.25, -0.2) is 0 Å². The number of pyridine rings is 1. The molecule has 1 saturated heterocycles. The number of hydrogen-bond donors (Lipinski definition) is 1. The molecule has 0 unspecified atom stereocenters. The molecule has 1 aliphatic rings. The van der Waals surface area contributed by atoms with Gasteiger partial charge in [0.15, 0.2) is 0 Å². The average Bonchev–Trinajstić information content (AvgIpc) is 2.54. The molecule has 0 atom stereocenters. The van der Waals surface area contributed by atoms with Crippen molar-refractivity contribution in [2.75, 3.05) is 5.73 Å². The molecule has 102 valence electrons. The number of nitrogen functional groups attached to an aromatic ring is 1. The molecule has 2 amide bonds. The van der Waals surface area contributed by atoms with E-state index in [2.05, 4.69) is 4.98 Å². The van der Waals surface area contributed by atoms with E-state index in [1.165, 1.54) is 4.90 Å². The summed E-state index contributed by atoms with van der Waals surface area (Å²) in [7, 11) is 0. The molecule has 1 fully saturated rings. The third kappa shape index (κ3) is 2.75. The molecule has 19 heavy (non-hydrogen) atoms. The predicted octanol–water partition coefficient (Wildman–Crippen LogP) is 1.71. The molecule has 0 aliphatic carbocycles. The van der Waals surface area contributed by atoms with E-state index in [1.807, 2.05) is 13.8 Å². The Morgan fingerprint density at radius 1 is 1.21 bits per heavy atom. The zero-order valence-electron chi connectivity index (χ0n) is 11.4. The van der Waals surface area contributed by atoms with Crippen molar-refractivity contribution in [1.29, 1.82) is 0 Å². The van der Waals surface area contributed by atoms with Crippen LogP contribution in [0.3, 0.4) is 0 Å². The first-order valence-corrected chi connectivity index (χ1v) is 6.54. The summed E-state index contributed by atoms with van der Waals surface area (Å²) < 4.78 is 0. The van der Waals surface area contributed by atoms with Crippen LogP contribution in [0.1, 0.15) is 42.5 Å². The highest BCUT2D eigenvalue weighted by Crippen LogP contribution is 2.21. The third-order valence-electron chi connectivity index (χ3n) is 3.62. The molecular weight excluding hydrogens is 242 g/mol. The van der Waals surface area contributed by atoms with Crippen molar-refractivity contribution in [1.82, 2.24) is 9.88 Å². The highest BCUT2D eigenvalue weighted by Gasteiger charge is 2.25. The van der Waals surface area contributed by atoms with Crippen molar-refractivity contribution in [3.63, 3.8) is 0 Å². The zero-order valence-corrected chi connectivity index (χ0v) is 11.4. The van der Waals surface area contributed by atoms with Gasteiger partial charge in [-0.2, -0.15) is 0 Å². The Morgan fingerprint density at radius 3 is 2.37 bits per heavy atom. The Bertz CT molecular complexity index is 508. The summed E-state index contributed by atoms with van der Waals surface area (Å²) in [5.41, 5.74) is 9.10. The van der Waals surface area contributed by atoms with Crippen molar-refractivity contribution in [3.8, 4) is 0 Å². The molecular formula is C14H19N3O2. The molecule has 0 radical (unpaired) electrons. The van der Waals surface area contributed by atoms with Gasteiger partial charge in [-0.1, -0.05) is 0 Å². The number of hydrogen-bond acceptors (Lipinski definition) is 4. The van der Waals surface area contributed by atoms with Crippen LogP contribution in [0.2, 0.25) is 0 Å². The molecule has 0 saturated carbocycles. The van der Waals surface area contributed by atoms with Crippen molar-refractivity contribution >= 4 is 17.5 Å². The highest BCUT2D eigenvalue weighted by molar-refractivity contribution is 5.95. The van der Waals surface area contributed by atoms with E-state index in [-0.39, 0.29) is 18.4 Å². The number of carbonyl (C=O) groups excluding carboxylic acids is 2. The summed E-state index contributed by atoms with van der Waals surface area (Å²) in [5, 5.41) is 0. The summed E-state index contributed by atoms with van der Waals surface area (Å²) in [4.78, 5) is 29.5. The third-order valence-corrected chi connectivity index (χ3v) is 3.62. The average molecular weight is 261 g/mol. The maximum atomic E-state index is 11.9. The van der Waals surface area contributed by atoms with E-state index in [0.29, 0.717) is 24.2 Å². The number of amides is 2. The smallest absolute Gasteiger partial charge is 0.229 e. The zero-order chi connectivity index (χ0) is 14.0. The summed E-state index contributed by atoms with van der Waals surface area (Å²) in [5.74, 6) is -0.217. The predicted molar refractivity (Wildman–Crippen MR) is 72.1 cm³/mol. The Labute approximate surface area is 112 Å². The molecule has 5 heteroatoms. The van der Waals surface area contributed by atoms with Crippen LogP contribution in [0.25, 0.3) is 0 Å². The molecule has 0 spiro atoms. The number of anilines is 1. The number of carbonyl (C=O) groups is 2. The van der Waals surface area contributed by atoms with Crippen LogP contribution in [0.4, 0.5) is 5.69 Å². The number of imide groups is 1. The second kappa shape index (κ2) is 5.38. The number of rotatable bonds is 2. The van der Waals surface area contributed by atoms with Gasteiger partial charge in [-0.3, -0.25) is 19.5 Å². The number of nitrogens with two attached hydrogens (primary N) is 1. The maximum absolute atomic E-state index is 11.9. The molecule has 1 aliphatic heterocycles. The summed E-state index contributed by atoms with van der Waals surface area (Å²) in [6.45, 7) is 3.99. The molecule has 2 heterocycles.